The van der Waals surface area contributed by atoms with Gasteiger partial charge in [0.25, 0.3) is 0 Å². The third kappa shape index (κ3) is 1.97. The predicted molar refractivity (Wildman–Crippen MR) is 44.6 cm³/mol. The van der Waals surface area contributed by atoms with E-state index in [0.29, 0.717) is 12.5 Å². The number of halogens is 2. The SMILES string of the molecule is Fc1cccc(OCC2CC2)c1F. The van der Waals surface area contributed by atoms with Crippen LogP contribution in [0.5, 0.6) is 5.75 Å². The summed E-state index contributed by atoms with van der Waals surface area (Å²) in [7, 11) is 0. The van der Waals surface area contributed by atoms with E-state index in [-0.39, 0.29) is 5.75 Å². The fraction of sp³-hybridized carbons (Fsp3) is 0.400. The zero-order valence-electron chi connectivity index (χ0n) is 7.09. The maximum atomic E-state index is 13.0. The number of ether oxygens (including phenoxy) is 1. The molecule has 0 bridgehead atoms. The van der Waals surface area contributed by atoms with Crippen molar-refractivity contribution in [3.63, 3.8) is 0 Å². The minimum Gasteiger partial charge on any atom is -0.490 e. The van der Waals surface area contributed by atoms with Crippen LogP contribution < -0.4 is 4.74 Å². The molecule has 1 saturated carbocycles. The Hall–Kier alpha value is -1.12. The van der Waals surface area contributed by atoms with Gasteiger partial charge in [0.1, 0.15) is 0 Å². The molecule has 0 radical (unpaired) electrons. The Morgan fingerprint density at radius 1 is 1.31 bits per heavy atom. The zero-order chi connectivity index (χ0) is 9.26. The molecule has 0 N–H and O–H groups in total. The minimum absolute atomic E-state index is 0.0203. The van der Waals surface area contributed by atoms with Crippen LogP contribution in [0.25, 0.3) is 0 Å². The molecule has 0 amide bonds. The van der Waals surface area contributed by atoms with Gasteiger partial charge in [0, 0.05) is 0 Å². The zero-order valence-corrected chi connectivity index (χ0v) is 7.09. The van der Waals surface area contributed by atoms with Crippen molar-refractivity contribution < 1.29 is 13.5 Å². The van der Waals surface area contributed by atoms with Crippen molar-refractivity contribution in [3.05, 3.63) is 29.8 Å². The molecule has 0 aliphatic heterocycles. The Kier molecular flexibility index (Phi) is 2.17. The second kappa shape index (κ2) is 3.32. The van der Waals surface area contributed by atoms with Crippen LogP contribution in [0.3, 0.4) is 0 Å². The summed E-state index contributed by atoms with van der Waals surface area (Å²) in [5.74, 6) is -1.17. The number of hydrogen-bond acceptors (Lipinski definition) is 1. The standard InChI is InChI=1S/C10H10F2O/c11-8-2-1-3-9(10(8)12)13-6-7-4-5-7/h1-3,7H,4-6H2. The molecule has 0 unspecified atom stereocenters. The third-order valence-corrected chi connectivity index (χ3v) is 2.09. The highest BCUT2D eigenvalue weighted by atomic mass is 19.2. The number of rotatable bonds is 3. The molecule has 3 heteroatoms. The number of hydrogen-bond donors (Lipinski definition) is 0. The lowest BCUT2D eigenvalue weighted by Gasteiger charge is -2.05. The van der Waals surface area contributed by atoms with Gasteiger partial charge in [-0.3, -0.25) is 0 Å². The van der Waals surface area contributed by atoms with Crippen LogP contribution in [-0.2, 0) is 0 Å². The minimum atomic E-state index is -0.886. The summed E-state index contributed by atoms with van der Waals surface area (Å²) >= 11 is 0. The molecular formula is C10H10F2O. The van der Waals surface area contributed by atoms with Crippen molar-refractivity contribution in [3.8, 4) is 5.75 Å². The van der Waals surface area contributed by atoms with Crippen molar-refractivity contribution in [2.24, 2.45) is 5.92 Å². The summed E-state index contributed by atoms with van der Waals surface area (Å²) in [5.41, 5.74) is 0. The van der Waals surface area contributed by atoms with E-state index in [1.165, 1.54) is 12.1 Å². The first-order valence-electron chi connectivity index (χ1n) is 4.34. The largest absolute Gasteiger partial charge is 0.490 e. The fourth-order valence-corrected chi connectivity index (χ4v) is 1.09. The molecule has 1 aliphatic carbocycles. The highest BCUT2D eigenvalue weighted by Crippen LogP contribution is 2.30. The summed E-state index contributed by atoms with van der Waals surface area (Å²) in [6, 6.07) is 3.97. The van der Waals surface area contributed by atoms with E-state index >= 15 is 0 Å². The molecule has 1 aliphatic rings. The summed E-state index contributed by atoms with van der Waals surface area (Å²) < 4.78 is 30.8. The molecular weight excluding hydrogens is 174 g/mol. The van der Waals surface area contributed by atoms with E-state index < -0.39 is 11.6 Å². The van der Waals surface area contributed by atoms with Crippen molar-refractivity contribution in [2.45, 2.75) is 12.8 Å². The summed E-state index contributed by atoms with van der Waals surface area (Å²) in [4.78, 5) is 0. The van der Waals surface area contributed by atoms with Crippen molar-refractivity contribution in [2.75, 3.05) is 6.61 Å². The molecule has 1 fully saturated rings. The first kappa shape index (κ1) is 8.48. The molecule has 70 valence electrons. The molecule has 1 aromatic carbocycles. The Balaban J connectivity index is 2.05. The predicted octanol–water partition coefficient (Wildman–Crippen LogP) is 2.75. The van der Waals surface area contributed by atoms with Gasteiger partial charge >= 0.3 is 0 Å². The second-order valence-corrected chi connectivity index (χ2v) is 3.31. The van der Waals surface area contributed by atoms with Crippen molar-refractivity contribution in [1.82, 2.24) is 0 Å². The van der Waals surface area contributed by atoms with Gasteiger partial charge in [0.05, 0.1) is 6.61 Å². The molecule has 1 nitrogen and oxygen atoms in total. The van der Waals surface area contributed by atoms with Gasteiger partial charge in [-0.05, 0) is 30.9 Å². The summed E-state index contributed by atoms with van der Waals surface area (Å²) in [5, 5.41) is 0. The molecule has 0 atom stereocenters. The monoisotopic (exact) mass is 184 g/mol. The maximum absolute atomic E-state index is 13.0. The van der Waals surface area contributed by atoms with E-state index in [4.69, 9.17) is 4.74 Å². The average molecular weight is 184 g/mol. The van der Waals surface area contributed by atoms with Gasteiger partial charge in [-0.25, -0.2) is 4.39 Å². The molecule has 0 aromatic heterocycles. The lowest BCUT2D eigenvalue weighted by molar-refractivity contribution is 0.280. The third-order valence-electron chi connectivity index (χ3n) is 2.09. The van der Waals surface area contributed by atoms with Crippen LogP contribution in [0.4, 0.5) is 8.78 Å². The van der Waals surface area contributed by atoms with Gasteiger partial charge in [0.2, 0.25) is 5.82 Å². The van der Waals surface area contributed by atoms with Crippen LogP contribution in [0.2, 0.25) is 0 Å². The Morgan fingerprint density at radius 3 is 2.77 bits per heavy atom. The van der Waals surface area contributed by atoms with E-state index in [0.717, 1.165) is 18.9 Å². The van der Waals surface area contributed by atoms with Gasteiger partial charge < -0.3 is 4.74 Å². The summed E-state index contributed by atoms with van der Waals surface area (Å²) in [6.07, 6.45) is 2.27. The normalized spacial score (nSPS) is 15.8. The average Bonchev–Trinajstić information content (AvgIpc) is 2.91. The van der Waals surface area contributed by atoms with Crippen molar-refractivity contribution in [1.29, 1.82) is 0 Å². The number of benzene rings is 1. The quantitative estimate of drug-likeness (QED) is 0.701. The molecule has 0 spiro atoms. The van der Waals surface area contributed by atoms with E-state index in [9.17, 15) is 8.78 Å². The Bertz CT molecular complexity index is 308. The highest BCUT2D eigenvalue weighted by Gasteiger charge is 2.22. The topological polar surface area (TPSA) is 9.23 Å². The Morgan fingerprint density at radius 2 is 2.08 bits per heavy atom. The van der Waals surface area contributed by atoms with Gasteiger partial charge in [-0.2, -0.15) is 4.39 Å². The smallest absolute Gasteiger partial charge is 0.200 e. The first-order valence-corrected chi connectivity index (χ1v) is 4.34. The fourth-order valence-electron chi connectivity index (χ4n) is 1.09. The van der Waals surface area contributed by atoms with E-state index in [2.05, 4.69) is 0 Å². The molecule has 13 heavy (non-hydrogen) atoms. The van der Waals surface area contributed by atoms with Crippen molar-refractivity contribution >= 4 is 0 Å². The van der Waals surface area contributed by atoms with E-state index in [1.54, 1.807) is 0 Å². The molecule has 0 heterocycles. The maximum Gasteiger partial charge on any atom is 0.200 e. The Labute approximate surface area is 75.3 Å². The lowest BCUT2D eigenvalue weighted by atomic mass is 10.3. The van der Waals surface area contributed by atoms with Gasteiger partial charge in [-0.15, -0.1) is 0 Å². The van der Waals surface area contributed by atoms with E-state index in [1.807, 2.05) is 0 Å². The van der Waals surface area contributed by atoms with Crippen LogP contribution in [-0.4, -0.2) is 6.61 Å². The highest BCUT2D eigenvalue weighted by molar-refractivity contribution is 5.25. The van der Waals surface area contributed by atoms with Crippen LogP contribution in [0.15, 0.2) is 18.2 Å². The first-order chi connectivity index (χ1) is 6.27. The molecule has 1 aromatic rings. The summed E-state index contributed by atoms with van der Waals surface area (Å²) in [6.45, 7) is 0.500. The second-order valence-electron chi connectivity index (χ2n) is 3.31. The van der Waals surface area contributed by atoms with Gasteiger partial charge in [-0.1, -0.05) is 6.07 Å². The van der Waals surface area contributed by atoms with Crippen LogP contribution in [0.1, 0.15) is 12.8 Å². The van der Waals surface area contributed by atoms with Gasteiger partial charge in [0.15, 0.2) is 11.6 Å². The van der Waals surface area contributed by atoms with Crippen LogP contribution >= 0.6 is 0 Å². The van der Waals surface area contributed by atoms with Crippen LogP contribution in [0, 0.1) is 17.6 Å². The molecule has 2 rings (SSSR count). The lowest BCUT2D eigenvalue weighted by Crippen LogP contribution is -2.01. The molecule has 0 saturated heterocycles.